The molecular weight excluding hydrogens is 363 g/mol. The molecule has 124 valence electrons. The lowest BCUT2D eigenvalue weighted by Crippen LogP contribution is -2.22. The van der Waals surface area contributed by atoms with Gasteiger partial charge in [-0.2, -0.15) is 0 Å². The monoisotopic (exact) mass is 378 g/mol. The van der Waals surface area contributed by atoms with E-state index < -0.39 is 0 Å². The summed E-state index contributed by atoms with van der Waals surface area (Å²) in [6.45, 7) is 2.67. The van der Waals surface area contributed by atoms with Gasteiger partial charge in [0.1, 0.15) is 4.83 Å². The molecule has 0 aliphatic heterocycles. The third-order valence-electron chi connectivity index (χ3n) is 4.64. The average molecular weight is 379 g/mol. The number of fused-ring (bicyclic) bond motifs is 3. The van der Waals surface area contributed by atoms with Crippen LogP contribution in [0.3, 0.4) is 0 Å². The Balaban J connectivity index is 1.80. The van der Waals surface area contributed by atoms with Crippen LogP contribution in [0.5, 0.6) is 0 Å². The number of aryl methyl sites for hydroxylation is 1. The maximum atomic E-state index is 13.0. The van der Waals surface area contributed by atoms with Crippen LogP contribution < -0.4 is 5.56 Å². The third kappa shape index (κ3) is 2.77. The molecular formula is C18H16Cl2N2OS. The van der Waals surface area contributed by atoms with Gasteiger partial charge in [-0.05, 0) is 48.4 Å². The minimum atomic E-state index is 0.0260. The predicted octanol–water partition coefficient (Wildman–Crippen LogP) is 4.94. The number of aromatic nitrogens is 2. The van der Waals surface area contributed by atoms with Crippen LogP contribution in [0, 0.1) is 5.92 Å². The SMILES string of the molecule is C[C@@H]1CCc2c(sc3ncn(Cc4ccc(Cl)cc4Cl)c(=O)c23)C1. The van der Waals surface area contributed by atoms with Crippen molar-refractivity contribution in [1.82, 2.24) is 9.55 Å². The highest BCUT2D eigenvalue weighted by Gasteiger charge is 2.23. The highest BCUT2D eigenvalue weighted by Crippen LogP contribution is 2.35. The van der Waals surface area contributed by atoms with Crippen LogP contribution >= 0.6 is 34.5 Å². The number of halogens is 2. The Kier molecular flexibility index (Phi) is 4.15. The normalized spacial score (nSPS) is 17.2. The molecule has 2 heterocycles. The van der Waals surface area contributed by atoms with E-state index in [1.165, 1.54) is 10.4 Å². The summed E-state index contributed by atoms with van der Waals surface area (Å²) in [4.78, 5) is 19.7. The van der Waals surface area contributed by atoms with Crippen LogP contribution in [0.25, 0.3) is 10.2 Å². The van der Waals surface area contributed by atoms with Crippen LogP contribution in [0.1, 0.15) is 29.3 Å². The van der Waals surface area contributed by atoms with Crippen molar-refractivity contribution >= 4 is 44.8 Å². The molecule has 1 atom stereocenters. The first-order valence-corrected chi connectivity index (χ1v) is 9.54. The number of thiophene rings is 1. The lowest BCUT2D eigenvalue weighted by atomic mass is 9.89. The first kappa shape index (κ1) is 16.1. The molecule has 0 amide bonds. The van der Waals surface area contributed by atoms with Gasteiger partial charge in [-0.1, -0.05) is 36.2 Å². The van der Waals surface area contributed by atoms with Crippen molar-refractivity contribution in [2.75, 3.05) is 0 Å². The zero-order chi connectivity index (χ0) is 16.8. The number of rotatable bonds is 2. The molecule has 3 nitrogen and oxygen atoms in total. The standard InChI is InChI=1S/C18H16Cl2N2OS/c1-10-2-5-13-15(6-10)24-17-16(13)18(23)22(9-21-17)8-11-3-4-12(19)7-14(11)20/h3-4,7,9-10H,2,5-6,8H2,1H3/t10-/m1/s1. The first-order valence-electron chi connectivity index (χ1n) is 7.96. The molecule has 0 radical (unpaired) electrons. The second-order valence-corrected chi connectivity index (χ2v) is 8.37. The molecule has 3 aromatic rings. The minimum Gasteiger partial charge on any atom is -0.294 e. The van der Waals surface area contributed by atoms with Gasteiger partial charge >= 0.3 is 0 Å². The number of hydrogen-bond acceptors (Lipinski definition) is 3. The Hall–Kier alpha value is -1.36. The van der Waals surface area contributed by atoms with E-state index in [-0.39, 0.29) is 5.56 Å². The van der Waals surface area contributed by atoms with E-state index in [1.54, 1.807) is 34.4 Å². The molecule has 6 heteroatoms. The van der Waals surface area contributed by atoms with Crippen LogP contribution in [0.4, 0.5) is 0 Å². The van der Waals surface area contributed by atoms with Crippen molar-refractivity contribution in [3.8, 4) is 0 Å². The van der Waals surface area contributed by atoms with Gasteiger partial charge < -0.3 is 0 Å². The van der Waals surface area contributed by atoms with Gasteiger partial charge in [-0.15, -0.1) is 11.3 Å². The van der Waals surface area contributed by atoms with E-state index in [1.807, 2.05) is 6.07 Å². The van der Waals surface area contributed by atoms with Crippen molar-refractivity contribution in [1.29, 1.82) is 0 Å². The van der Waals surface area contributed by atoms with E-state index >= 15 is 0 Å². The average Bonchev–Trinajstić information content (AvgIpc) is 2.90. The summed E-state index contributed by atoms with van der Waals surface area (Å²) in [6.07, 6.45) is 4.79. The topological polar surface area (TPSA) is 34.9 Å². The Morgan fingerprint density at radius 3 is 3.00 bits per heavy atom. The van der Waals surface area contributed by atoms with Gasteiger partial charge in [0.05, 0.1) is 18.3 Å². The fraction of sp³-hybridized carbons (Fsp3) is 0.333. The highest BCUT2D eigenvalue weighted by atomic mass is 35.5. The molecule has 0 bridgehead atoms. The molecule has 1 aliphatic carbocycles. The Labute approximate surface area is 153 Å². The Morgan fingerprint density at radius 2 is 2.21 bits per heavy atom. The van der Waals surface area contributed by atoms with Gasteiger partial charge in [0.25, 0.3) is 5.56 Å². The van der Waals surface area contributed by atoms with Crippen LogP contribution in [0.15, 0.2) is 29.3 Å². The van der Waals surface area contributed by atoms with Gasteiger partial charge in [-0.3, -0.25) is 9.36 Å². The van der Waals surface area contributed by atoms with Crippen molar-refractivity contribution in [2.24, 2.45) is 5.92 Å². The summed E-state index contributed by atoms with van der Waals surface area (Å²) in [5.41, 5.74) is 2.10. The molecule has 2 aromatic heterocycles. The smallest absolute Gasteiger partial charge is 0.262 e. The molecule has 0 N–H and O–H groups in total. The molecule has 0 saturated heterocycles. The Bertz CT molecular complexity index is 993. The molecule has 0 saturated carbocycles. The molecule has 0 unspecified atom stereocenters. The van der Waals surface area contributed by atoms with E-state index in [4.69, 9.17) is 23.2 Å². The molecule has 24 heavy (non-hydrogen) atoms. The number of nitrogens with zero attached hydrogens (tertiary/aromatic N) is 2. The molecule has 0 fully saturated rings. The lowest BCUT2D eigenvalue weighted by molar-refractivity contribution is 0.509. The van der Waals surface area contributed by atoms with Gasteiger partial charge in [-0.25, -0.2) is 4.98 Å². The largest absolute Gasteiger partial charge is 0.294 e. The van der Waals surface area contributed by atoms with E-state index in [2.05, 4.69) is 11.9 Å². The quantitative estimate of drug-likeness (QED) is 0.632. The summed E-state index contributed by atoms with van der Waals surface area (Å²) in [6, 6.07) is 5.34. The molecule has 1 aromatic carbocycles. The number of benzene rings is 1. The molecule has 1 aliphatic rings. The fourth-order valence-corrected chi connectivity index (χ4v) is 5.12. The van der Waals surface area contributed by atoms with Crippen molar-refractivity contribution < 1.29 is 0 Å². The summed E-state index contributed by atoms with van der Waals surface area (Å²) < 4.78 is 1.64. The zero-order valence-electron chi connectivity index (χ0n) is 13.2. The third-order valence-corrected chi connectivity index (χ3v) is 6.39. The summed E-state index contributed by atoms with van der Waals surface area (Å²) in [5, 5.41) is 1.95. The number of hydrogen-bond donors (Lipinski definition) is 0. The summed E-state index contributed by atoms with van der Waals surface area (Å²) >= 11 is 13.9. The highest BCUT2D eigenvalue weighted by molar-refractivity contribution is 7.18. The maximum absolute atomic E-state index is 13.0. The van der Waals surface area contributed by atoms with E-state index in [0.717, 1.165) is 35.0 Å². The summed E-state index contributed by atoms with van der Waals surface area (Å²) in [5.74, 6) is 0.681. The maximum Gasteiger partial charge on any atom is 0.262 e. The molecule has 4 rings (SSSR count). The molecule has 0 spiro atoms. The second-order valence-electron chi connectivity index (χ2n) is 6.45. The lowest BCUT2D eigenvalue weighted by Gasteiger charge is -2.17. The van der Waals surface area contributed by atoms with E-state index in [0.29, 0.717) is 22.5 Å². The van der Waals surface area contributed by atoms with Crippen LogP contribution in [-0.4, -0.2) is 9.55 Å². The van der Waals surface area contributed by atoms with Crippen molar-refractivity contribution in [2.45, 2.75) is 32.7 Å². The zero-order valence-corrected chi connectivity index (χ0v) is 15.5. The fourth-order valence-electron chi connectivity index (χ4n) is 3.31. The van der Waals surface area contributed by atoms with Crippen molar-refractivity contribution in [3.63, 3.8) is 0 Å². The van der Waals surface area contributed by atoms with Crippen LogP contribution in [-0.2, 0) is 19.4 Å². The van der Waals surface area contributed by atoms with Gasteiger partial charge in [0, 0.05) is 14.9 Å². The first-order chi connectivity index (χ1) is 11.5. The van der Waals surface area contributed by atoms with E-state index in [9.17, 15) is 4.79 Å². The van der Waals surface area contributed by atoms with Crippen molar-refractivity contribution in [3.05, 3.63) is 60.9 Å². The van der Waals surface area contributed by atoms with Crippen LogP contribution in [0.2, 0.25) is 10.0 Å². The Morgan fingerprint density at radius 1 is 1.38 bits per heavy atom. The summed E-state index contributed by atoms with van der Waals surface area (Å²) in [7, 11) is 0. The van der Waals surface area contributed by atoms with Gasteiger partial charge in [0.2, 0.25) is 0 Å². The second kappa shape index (κ2) is 6.17. The minimum absolute atomic E-state index is 0.0260. The van der Waals surface area contributed by atoms with Gasteiger partial charge in [0.15, 0.2) is 0 Å². The predicted molar refractivity (Wildman–Crippen MR) is 101 cm³/mol.